The second kappa shape index (κ2) is 10.4. The molecule has 0 radical (unpaired) electrons. The molecule has 1 N–H and O–H groups in total. The Labute approximate surface area is 128 Å². The molecule has 1 aromatic rings. The van der Waals surface area contributed by atoms with E-state index in [1.54, 1.807) is 0 Å². The molecular formula is C17H28N2O2. The number of nitrogens with zero attached hydrogens (tertiary/aromatic N) is 1. The number of hydrogen-bond donors (Lipinski definition) is 1. The van der Waals surface area contributed by atoms with Gasteiger partial charge in [0.15, 0.2) is 0 Å². The minimum absolute atomic E-state index is 0.126. The average Bonchev–Trinajstić information content (AvgIpc) is 2.44. The average molecular weight is 292 g/mol. The van der Waals surface area contributed by atoms with E-state index in [0.29, 0.717) is 13.0 Å². The Morgan fingerprint density at radius 3 is 2.62 bits per heavy atom. The highest BCUT2D eigenvalue weighted by Crippen LogP contribution is 2.07. The summed E-state index contributed by atoms with van der Waals surface area (Å²) in [5.74, 6) is -0.126. The van der Waals surface area contributed by atoms with Crippen molar-refractivity contribution in [2.75, 3.05) is 33.8 Å². The Bertz CT molecular complexity index is 393. The summed E-state index contributed by atoms with van der Waals surface area (Å²) < 4.78 is 5.07. The van der Waals surface area contributed by atoms with Crippen LogP contribution in [-0.4, -0.2) is 50.7 Å². The minimum Gasteiger partial charge on any atom is -0.466 e. The largest absolute Gasteiger partial charge is 0.466 e. The van der Waals surface area contributed by atoms with Crippen LogP contribution >= 0.6 is 0 Å². The van der Waals surface area contributed by atoms with Gasteiger partial charge < -0.3 is 15.0 Å². The Balaban J connectivity index is 2.47. The van der Waals surface area contributed by atoms with Crippen molar-refractivity contribution in [2.24, 2.45) is 0 Å². The maximum Gasteiger partial charge on any atom is 0.307 e. The lowest BCUT2D eigenvalue weighted by Gasteiger charge is -2.19. The topological polar surface area (TPSA) is 41.6 Å². The summed E-state index contributed by atoms with van der Waals surface area (Å²) in [5, 5.41) is 3.49. The molecule has 118 valence electrons. The first kappa shape index (κ1) is 17.7. The zero-order valence-electron chi connectivity index (χ0n) is 13.5. The molecule has 0 fully saturated rings. The second-order valence-electron chi connectivity index (χ2n) is 5.51. The third-order valence-electron chi connectivity index (χ3n) is 3.26. The van der Waals surface area contributed by atoms with Crippen molar-refractivity contribution in [2.45, 2.75) is 32.2 Å². The molecule has 0 aromatic heterocycles. The molecule has 0 aliphatic carbocycles. The molecule has 21 heavy (non-hydrogen) atoms. The lowest BCUT2D eigenvalue weighted by atomic mass is 10.0. The van der Waals surface area contributed by atoms with Gasteiger partial charge in [-0.05, 0) is 52.5 Å². The first-order valence-corrected chi connectivity index (χ1v) is 7.69. The van der Waals surface area contributed by atoms with E-state index in [4.69, 9.17) is 4.74 Å². The van der Waals surface area contributed by atoms with E-state index in [2.05, 4.69) is 36.4 Å². The molecule has 0 saturated carbocycles. The maximum absolute atomic E-state index is 11.7. The van der Waals surface area contributed by atoms with Crippen LogP contribution in [0.5, 0.6) is 0 Å². The van der Waals surface area contributed by atoms with Gasteiger partial charge in [-0.15, -0.1) is 0 Å². The second-order valence-corrected chi connectivity index (χ2v) is 5.51. The monoisotopic (exact) mass is 292 g/mol. The summed E-state index contributed by atoms with van der Waals surface area (Å²) in [6, 6.07) is 10.4. The molecule has 0 aliphatic heterocycles. The standard InChI is InChI=1S/C17H28N2O2/c1-4-21-17(20)14-16(18-11-8-12-19(2)3)13-15-9-6-5-7-10-15/h5-7,9-10,16,18H,4,8,11-14H2,1-3H3. The van der Waals surface area contributed by atoms with E-state index in [0.717, 1.165) is 25.9 Å². The lowest BCUT2D eigenvalue weighted by molar-refractivity contribution is -0.143. The highest BCUT2D eigenvalue weighted by Gasteiger charge is 2.14. The molecule has 1 rings (SSSR count). The minimum atomic E-state index is -0.126. The van der Waals surface area contributed by atoms with Crippen molar-refractivity contribution in [3.8, 4) is 0 Å². The fourth-order valence-corrected chi connectivity index (χ4v) is 2.24. The summed E-state index contributed by atoms with van der Waals surface area (Å²) in [4.78, 5) is 13.9. The van der Waals surface area contributed by atoms with Crippen LogP contribution in [0.15, 0.2) is 30.3 Å². The van der Waals surface area contributed by atoms with Crippen molar-refractivity contribution in [1.29, 1.82) is 0 Å². The van der Waals surface area contributed by atoms with Crippen LogP contribution in [0.25, 0.3) is 0 Å². The van der Waals surface area contributed by atoms with Crippen LogP contribution in [0.2, 0.25) is 0 Å². The van der Waals surface area contributed by atoms with Crippen LogP contribution in [0, 0.1) is 0 Å². The van der Waals surface area contributed by atoms with Gasteiger partial charge in [-0.25, -0.2) is 0 Å². The number of hydrogen-bond acceptors (Lipinski definition) is 4. The zero-order chi connectivity index (χ0) is 15.5. The molecule has 0 saturated heterocycles. The fourth-order valence-electron chi connectivity index (χ4n) is 2.24. The number of rotatable bonds is 10. The molecule has 1 atom stereocenters. The van der Waals surface area contributed by atoms with Crippen LogP contribution in [0.3, 0.4) is 0 Å². The number of carbonyl (C=O) groups is 1. The van der Waals surface area contributed by atoms with E-state index in [1.165, 1.54) is 5.56 Å². The van der Waals surface area contributed by atoms with Gasteiger partial charge in [0.25, 0.3) is 0 Å². The Morgan fingerprint density at radius 2 is 2.00 bits per heavy atom. The van der Waals surface area contributed by atoms with E-state index in [1.807, 2.05) is 25.1 Å². The zero-order valence-corrected chi connectivity index (χ0v) is 13.5. The summed E-state index contributed by atoms with van der Waals surface area (Å²) >= 11 is 0. The van der Waals surface area contributed by atoms with Gasteiger partial charge in [0.2, 0.25) is 0 Å². The van der Waals surface area contributed by atoms with Gasteiger partial charge in [0.1, 0.15) is 0 Å². The van der Waals surface area contributed by atoms with Gasteiger partial charge in [-0.1, -0.05) is 30.3 Å². The Hall–Kier alpha value is -1.39. The number of esters is 1. The van der Waals surface area contributed by atoms with Crippen molar-refractivity contribution in [1.82, 2.24) is 10.2 Å². The third kappa shape index (κ3) is 8.48. The molecular weight excluding hydrogens is 264 g/mol. The predicted molar refractivity (Wildman–Crippen MR) is 86.4 cm³/mol. The number of benzene rings is 1. The van der Waals surface area contributed by atoms with Crippen molar-refractivity contribution < 1.29 is 9.53 Å². The van der Waals surface area contributed by atoms with E-state index < -0.39 is 0 Å². The van der Waals surface area contributed by atoms with Crippen LogP contribution in [0.4, 0.5) is 0 Å². The summed E-state index contributed by atoms with van der Waals surface area (Å²) in [5.41, 5.74) is 1.24. The SMILES string of the molecule is CCOC(=O)CC(Cc1ccccc1)NCCCN(C)C. The molecule has 0 bridgehead atoms. The first-order chi connectivity index (χ1) is 10.1. The van der Waals surface area contributed by atoms with Gasteiger partial charge in [0, 0.05) is 6.04 Å². The normalized spacial score (nSPS) is 12.4. The fraction of sp³-hybridized carbons (Fsp3) is 0.588. The molecule has 1 unspecified atom stereocenters. The Morgan fingerprint density at radius 1 is 1.29 bits per heavy atom. The van der Waals surface area contributed by atoms with Crippen LogP contribution in [-0.2, 0) is 16.0 Å². The van der Waals surface area contributed by atoms with Crippen molar-refractivity contribution in [3.05, 3.63) is 35.9 Å². The highest BCUT2D eigenvalue weighted by molar-refractivity contribution is 5.70. The van der Waals surface area contributed by atoms with Crippen LogP contribution < -0.4 is 5.32 Å². The molecule has 0 heterocycles. The van der Waals surface area contributed by atoms with Gasteiger partial charge in [-0.2, -0.15) is 0 Å². The highest BCUT2D eigenvalue weighted by atomic mass is 16.5. The maximum atomic E-state index is 11.7. The summed E-state index contributed by atoms with van der Waals surface area (Å²) in [7, 11) is 4.14. The van der Waals surface area contributed by atoms with Crippen LogP contribution in [0.1, 0.15) is 25.3 Å². The quantitative estimate of drug-likeness (QED) is 0.530. The molecule has 1 aromatic carbocycles. The lowest BCUT2D eigenvalue weighted by Crippen LogP contribution is -2.35. The molecule has 4 nitrogen and oxygen atoms in total. The number of carbonyl (C=O) groups excluding carboxylic acids is 1. The third-order valence-corrected chi connectivity index (χ3v) is 3.26. The van der Waals surface area contributed by atoms with E-state index in [9.17, 15) is 4.79 Å². The molecule has 0 aliphatic rings. The molecule has 0 spiro atoms. The summed E-state index contributed by atoms with van der Waals surface area (Å²) in [6.07, 6.45) is 2.34. The Kier molecular flexibility index (Phi) is 8.71. The predicted octanol–water partition coefficient (Wildman–Crippen LogP) is 2.09. The van der Waals surface area contributed by atoms with Crippen molar-refractivity contribution in [3.63, 3.8) is 0 Å². The van der Waals surface area contributed by atoms with E-state index in [-0.39, 0.29) is 12.0 Å². The molecule has 4 heteroatoms. The van der Waals surface area contributed by atoms with Gasteiger partial charge >= 0.3 is 5.97 Å². The van der Waals surface area contributed by atoms with Gasteiger partial charge in [0.05, 0.1) is 13.0 Å². The number of nitrogens with one attached hydrogen (secondary N) is 1. The number of ether oxygens (including phenoxy) is 1. The first-order valence-electron chi connectivity index (χ1n) is 7.69. The van der Waals surface area contributed by atoms with Crippen molar-refractivity contribution >= 4 is 5.97 Å². The smallest absolute Gasteiger partial charge is 0.307 e. The van der Waals surface area contributed by atoms with Gasteiger partial charge in [-0.3, -0.25) is 4.79 Å². The van der Waals surface area contributed by atoms with E-state index >= 15 is 0 Å². The summed E-state index contributed by atoms with van der Waals surface area (Å²) in [6.45, 7) is 4.24. The molecule has 0 amide bonds.